The molecule has 0 amide bonds. The highest BCUT2D eigenvalue weighted by molar-refractivity contribution is 7.89. The minimum Gasteiger partial charge on any atom is -0.508 e. The van der Waals surface area contributed by atoms with E-state index in [9.17, 15) is 13.5 Å². The van der Waals surface area contributed by atoms with Crippen LogP contribution in [0.5, 0.6) is 5.75 Å². The van der Waals surface area contributed by atoms with Gasteiger partial charge in [-0.15, -0.1) is 0 Å². The molecule has 0 saturated carbocycles. The summed E-state index contributed by atoms with van der Waals surface area (Å²) in [5.41, 5.74) is 1.24. The zero-order valence-electron chi connectivity index (χ0n) is 10.7. The van der Waals surface area contributed by atoms with E-state index in [1.807, 2.05) is 0 Å². The Morgan fingerprint density at radius 2 is 1.68 bits per heavy atom. The van der Waals surface area contributed by atoms with Gasteiger partial charge < -0.3 is 5.11 Å². The normalized spacial score (nSPS) is 11.7. The Labute approximate surface area is 113 Å². The molecule has 100 valence electrons. The molecule has 0 fully saturated rings. The molecule has 0 bridgehead atoms. The first-order chi connectivity index (χ1) is 8.93. The maximum absolute atomic E-state index is 12.3. The molecule has 0 unspecified atom stereocenters. The summed E-state index contributed by atoms with van der Waals surface area (Å²) in [7, 11) is -0.528. The molecule has 5 heteroatoms. The molecule has 0 aliphatic rings. The van der Waals surface area contributed by atoms with Crippen molar-refractivity contribution < 1.29 is 13.5 Å². The fourth-order valence-electron chi connectivity index (χ4n) is 1.80. The number of phenolic OH excluding ortho intramolecular Hbond substituents is 1. The molecule has 0 aliphatic heterocycles. The molecule has 0 heterocycles. The summed E-state index contributed by atoms with van der Waals surface area (Å²) in [6, 6.07) is 13.3. The number of aromatic hydroxyl groups is 1. The highest BCUT2D eigenvalue weighted by Gasteiger charge is 2.21. The Kier molecular flexibility index (Phi) is 3.59. The molecule has 1 N–H and O–H groups in total. The van der Waals surface area contributed by atoms with Gasteiger partial charge in [-0.3, -0.25) is 0 Å². The van der Waals surface area contributed by atoms with E-state index in [-0.39, 0.29) is 10.6 Å². The van der Waals surface area contributed by atoms with E-state index >= 15 is 0 Å². The van der Waals surface area contributed by atoms with E-state index in [0.29, 0.717) is 11.1 Å². The van der Waals surface area contributed by atoms with Gasteiger partial charge in [-0.2, -0.15) is 0 Å². The largest absolute Gasteiger partial charge is 0.508 e. The second-order valence-corrected chi connectivity index (χ2v) is 6.45. The first-order valence-corrected chi connectivity index (χ1v) is 7.18. The standard InChI is InChI=1S/C14H15NO3S/c1-15(2)19(17,18)14-9-4-3-8-13(14)11-6-5-7-12(16)10-11/h3-10,16H,1-2H3. The van der Waals surface area contributed by atoms with E-state index in [1.165, 1.54) is 18.4 Å². The van der Waals surface area contributed by atoms with Crippen LogP contribution >= 0.6 is 0 Å². The lowest BCUT2D eigenvalue weighted by Crippen LogP contribution is -2.22. The van der Waals surface area contributed by atoms with Crippen molar-refractivity contribution in [3.8, 4) is 16.9 Å². The topological polar surface area (TPSA) is 57.6 Å². The van der Waals surface area contributed by atoms with Gasteiger partial charge in [-0.25, -0.2) is 12.7 Å². The van der Waals surface area contributed by atoms with Gasteiger partial charge in [0.2, 0.25) is 10.0 Å². The van der Waals surface area contributed by atoms with Crippen LogP contribution in [0.1, 0.15) is 0 Å². The van der Waals surface area contributed by atoms with Crippen LogP contribution in [0.25, 0.3) is 11.1 Å². The van der Waals surface area contributed by atoms with Gasteiger partial charge in [0.25, 0.3) is 0 Å². The minimum absolute atomic E-state index is 0.106. The molecule has 0 aliphatic carbocycles. The third-order valence-electron chi connectivity index (χ3n) is 2.80. The Balaban J connectivity index is 2.67. The monoisotopic (exact) mass is 277 g/mol. The second-order valence-electron chi connectivity index (χ2n) is 4.33. The van der Waals surface area contributed by atoms with Crippen LogP contribution in [0.2, 0.25) is 0 Å². The highest BCUT2D eigenvalue weighted by atomic mass is 32.2. The molecule has 19 heavy (non-hydrogen) atoms. The third-order valence-corrected chi connectivity index (χ3v) is 4.68. The maximum Gasteiger partial charge on any atom is 0.243 e. The quantitative estimate of drug-likeness (QED) is 0.936. The van der Waals surface area contributed by atoms with Crippen molar-refractivity contribution >= 4 is 10.0 Å². The van der Waals surface area contributed by atoms with E-state index in [4.69, 9.17) is 0 Å². The van der Waals surface area contributed by atoms with Crippen LogP contribution in [0.15, 0.2) is 53.4 Å². The number of sulfonamides is 1. The van der Waals surface area contributed by atoms with Crippen molar-refractivity contribution in [2.24, 2.45) is 0 Å². The lowest BCUT2D eigenvalue weighted by atomic mass is 10.1. The SMILES string of the molecule is CN(C)S(=O)(=O)c1ccccc1-c1cccc(O)c1. The fraction of sp³-hybridized carbons (Fsp3) is 0.143. The molecule has 0 radical (unpaired) electrons. The predicted octanol–water partition coefficient (Wildman–Crippen LogP) is 2.31. The zero-order valence-corrected chi connectivity index (χ0v) is 11.6. The van der Waals surface area contributed by atoms with Crippen molar-refractivity contribution in [2.45, 2.75) is 4.90 Å². The Morgan fingerprint density at radius 3 is 2.32 bits per heavy atom. The van der Waals surface area contributed by atoms with Crippen molar-refractivity contribution in [1.29, 1.82) is 0 Å². The van der Waals surface area contributed by atoms with Gasteiger partial charge in [0, 0.05) is 19.7 Å². The van der Waals surface area contributed by atoms with Crippen molar-refractivity contribution in [3.05, 3.63) is 48.5 Å². The number of rotatable bonds is 3. The summed E-state index contributed by atoms with van der Waals surface area (Å²) in [6.07, 6.45) is 0. The Hall–Kier alpha value is -1.85. The predicted molar refractivity (Wildman–Crippen MR) is 74.4 cm³/mol. The average Bonchev–Trinajstić information content (AvgIpc) is 2.38. The van der Waals surface area contributed by atoms with E-state index in [1.54, 1.807) is 48.5 Å². The van der Waals surface area contributed by atoms with Crippen molar-refractivity contribution in [1.82, 2.24) is 4.31 Å². The molecule has 2 aromatic carbocycles. The average molecular weight is 277 g/mol. The fourth-order valence-corrected chi connectivity index (χ4v) is 2.91. The first kappa shape index (κ1) is 13.6. The lowest BCUT2D eigenvalue weighted by molar-refractivity contribution is 0.475. The van der Waals surface area contributed by atoms with Crippen LogP contribution in [0.4, 0.5) is 0 Å². The number of hydrogen-bond donors (Lipinski definition) is 1. The Morgan fingerprint density at radius 1 is 1.00 bits per heavy atom. The number of nitrogens with zero attached hydrogens (tertiary/aromatic N) is 1. The van der Waals surface area contributed by atoms with Gasteiger partial charge in [-0.1, -0.05) is 30.3 Å². The molecular formula is C14H15NO3S. The van der Waals surface area contributed by atoms with Crippen LogP contribution < -0.4 is 0 Å². The van der Waals surface area contributed by atoms with Gasteiger partial charge >= 0.3 is 0 Å². The summed E-state index contributed by atoms with van der Waals surface area (Å²) in [5.74, 6) is 0.106. The molecule has 4 nitrogen and oxygen atoms in total. The first-order valence-electron chi connectivity index (χ1n) is 5.74. The summed E-state index contributed by atoms with van der Waals surface area (Å²) < 4.78 is 25.7. The van der Waals surface area contributed by atoms with Crippen LogP contribution in [0.3, 0.4) is 0 Å². The van der Waals surface area contributed by atoms with Crippen LogP contribution in [-0.4, -0.2) is 31.9 Å². The van der Waals surface area contributed by atoms with E-state index < -0.39 is 10.0 Å². The number of benzene rings is 2. The Bertz CT molecular complexity index is 693. The molecule has 2 rings (SSSR count). The second kappa shape index (κ2) is 5.03. The molecule has 0 saturated heterocycles. The van der Waals surface area contributed by atoms with Gasteiger partial charge in [0.15, 0.2) is 0 Å². The third kappa shape index (κ3) is 2.62. The van der Waals surface area contributed by atoms with Gasteiger partial charge in [-0.05, 0) is 23.8 Å². The summed E-state index contributed by atoms with van der Waals surface area (Å²) >= 11 is 0. The summed E-state index contributed by atoms with van der Waals surface area (Å²) in [6.45, 7) is 0. The van der Waals surface area contributed by atoms with Crippen LogP contribution in [0, 0.1) is 0 Å². The highest BCUT2D eigenvalue weighted by Crippen LogP contribution is 2.30. The molecular weight excluding hydrogens is 262 g/mol. The summed E-state index contributed by atoms with van der Waals surface area (Å²) in [5, 5.41) is 9.52. The smallest absolute Gasteiger partial charge is 0.243 e. The summed E-state index contributed by atoms with van der Waals surface area (Å²) in [4.78, 5) is 0.227. The maximum atomic E-state index is 12.3. The molecule has 0 spiro atoms. The van der Waals surface area contributed by atoms with Gasteiger partial charge in [0.1, 0.15) is 5.75 Å². The number of phenols is 1. The molecule has 2 aromatic rings. The minimum atomic E-state index is -3.52. The lowest BCUT2D eigenvalue weighted by Gasteiger charge is -2.15. The van der Waals surface area contributed by atoms with Crippen molar-refractivity contribution in [3.63, 3.8) is 0 Å². The van der Waals surface area contributed by atoms with E-state index in [0.717, 1.165) is 0 Å². The van der Waals surface area contributed by atoms with Crippen LogP contribution in [-0.2, 0) is 10.0 Å². The van der Waals surface area contributed by atoms with Crippen molar-refractivity contribution in [2.75, 3.05) is 14.1 Å². The molecule has 0 atom stereocenters. The van der Waals surface area contributed by atoms with E-state index in [2.05, 4.69) is 0 Å². The van der Waals surface area contributed by atoms with Gasteiger partial charge in [0.05, 0.1) is 4.90 Å². The number of hydrogen-bond acceptors (Lipinski definition) is 3. The zero-order chi connectivity index (χ0) is 14.0. The molecule has 0 aromatic heterocycles.